The lowest BCUT2D eigenvalue weighted by Gasteiger charge is -2.26. The predicted octanol–water partition coefficient (Wildman–Crippen LogP) is 2.30. The van der Waals surface area contributed by atoms with Crippen molar-refractivity contribution in [1.82, 2.24) is 10.2 Å². The molecule has 0 saturated heterocycles. The molecule has 1 amide bonds. The number of rotatable bonds is 6. The molecule has 0 radical (unpaired) electrons. The van der Waals surface area contributed by atoms with Gasteiger partial charge in [0.2, 0.25) is 0 Å². The number of hydrogen-bond acceptors (Lipinski definition) is 3. The summed E-state index contributed by atoms with van der Waals surface area (Å²) in [7, 11) is 0. The number of nitrogens with zero attached hydrogens (tertiary/aromatic N) is 1. The minimum absolute atomic E-state index is 0.0786. The van der Waals surface area contributed by atoms with E-state index >= 15 is 0 Å². The second-order valence-corrected chi connectivity index (χ2v) is 5.16. The summed E-state index contributed by atoms with van der Waals surface area (Å²) in [5.41, 5.74) is 0.676. The lowest BCUT2D eigenvalue weighted by molar-refractivity contribution is 0.0737. The van der Waals surface area contributed by atoms with Crippen molar-refractivity contribution >= 4 is 5.91 Å². The van der Waals surface area contributed by atoms with Crippen LogP contribution in [-0.4, -0.2) is 43.1 Å². The molecule has 1 aromatic rings. The molecule has 0 aliphatic carbocycles. The molecule has 0 fully saturated rings. The molecule has 2 rings (SSSR count). The van der Waals surface area contributed by atoms with Crippen molar-refractivity contribution in [2.24, 2.45) is 0 Å². The van der Waals surface area contributed by atoms with Crippen molar-refractivity contribution in [3.05, 3.63) is 29.8 Å². The zero-order valence-corrected chi connectivity index (χ0v) is 12.4. The maximum absolute atomic E-state index is 12.6. The number of ether oxygens (including phenoxy) is 1. The zero-order valence-electron chi connectivity index (χ0n) is 12.4. The molecular formula is C16H24N2O2. The summed E-state index contributed by atoms with van der Waals surface area (Å²) < 4.78 is 5.66. The fraction of sp³-hybridized carbons (Fsp3) is 0.562. The number of carbonyl (C=O) groups is 1. The number of hydrogen-bond donors (Lipinski definition) is 1. The minimum Gasteiger partial charge on any atom is -0.491 e. The molecule has 1 heterocycles. The van der Waals surface area contributed by atoms with Gasteiger partial charge in [-0.1, -0.05) is 26.0 Å². The number of para-hydroxylation sites is 1. The number of amides is 1. The van der Waals surface area contributed by atoms with E-state index in [4.69, 9.17) is 4.74 Å². The van der Waals surface area contributed by atoms with Gasteiger partial charge >= 0.3 is 0 Å². The maximum atomic E-state index is 12.6. The lowest BCUT2D eigenvalue weighted by atomic mass is 10.1. The van der Waals surface area contributed by atoms with Crippen LogP contribution in [0.15, 0.2) is 24.3 Å². The molecule has 1 aliphatic heterocycles. The van der Waals surface area contributed by atoms with Gasteiger partial charge in [0.05, 0.1) is 12.1 Å². The second-order valence-electron chi connectivity index (χ2n) is 5.16. The molecule has 4 nitrogen and oxygen atoms in total. The van der Waals surface area contributed by atoms with Crippen LogP contribution in [0.4, 0.5) is 0 Å². The van der Waals surface area contributed by atoms with Crippen molar-refractivity contribution in [1.29, 1.82) is 0 Å². The highest BCUT2D eigenvalue weighted by atomic mass is 16.5. The van der Waals surface area contributed by atoms with Crippen LogP contribution in [0, 0.1) is 0 Å². The van der Waals surface area contributed by atoms with Crippen LogP contribution >= 0.6 is 0 Å². The normalized spacial score (nSPS) is 16.3. The highest BCUT2D eigenvalue weighted by Crippen LogP contribution is 2.22. The Morgan fingerprint density at radius 2 is 2.15 bits per heavy atom. The first-order chi connectivity index (χ1) is 9.76. The Kier molecular flexibility index (Phi) is 5.41. The Labute approximate surface area is 121 Å². The largest absolute Gasteiger partial charge is 0.491 e. The number of fused-ring (bicyclic) bond motifs is 1. The van der Waals surface area contributed by atoms with Gasteiger partial charge < -0.3 is 15.0 Å². The third-order valence-corrected chi connectivity index (χ3v) is 3.64. The summed E-state index contributed by atoms with van der Waals surface area (Å²) in [5.74, 6) is 0.782. The first-order valence-electron chi connectivity index (χ1n) is 7.50. The number of benzene rings is 1. The van der Waals surface area contributed by atoms with Gasteiger partial charge in [-0.2, -0.15) is 0 Å². The van der Waals surface area contributed by atoms with Gasteiger partial charge in [0, 0.05) is 12.6 Å². The van der Waals surface area contributed by atoms with E-state index in [1.54, 1.807) is 0 Å². The van der Waals surface area contributed by atoms with Crippen molar-refractivity contribution in [3.63, 3.8) is 0 Å². The summed E-state index contributed by atoms with van der Waals surface area (Å²) >= 11 is 0. The average molecular weight is 276 g/mol. The van der Waals surface area contributed by atoms with E-state index < -0.39 is 0 Å². The fourth-order valence-electron chi connectivity index (χ4n) is 2.43. The molecule has 1 aromatic carbocycles. The molecule has 0 aromatic heterocycles. The molecule has 1 unspecified atom stereocenters. The SMILES string of the molecule is CCCNC(CC)CN1CCOc2ccccc2C1=O. The van der Waals surface area contributed by atoms with Gasteiger partial charge in [0.25, 0.3) is 5.91 Å². The number of nitrogens with one attached hydrogen (secondary N) is 1. The Balaban J connectivity index is 2.07. The van der Waals surface area contributed by atoms with Crippen molar-refractivity contribution < 1.29 is 9.53 Å². The van der Waals surface area contributed by atoms with Gasteiger partial charge in [-0.3, -0.25) is 4.79 Å². The smallest absolute Gasteiger partial charge is 0.257 e. The highest BCUT2D eigenvalue weighted by molar-refractivity contribution is 5.97. The summed E-state index contributed by atoms with van der Waals surface area (Å²) in [6, 6.07) is 7.85. The maximum Gasteiger partial charge on any atom is 0.257 e. The Hall–Kier alpha value is -1.55. The quantitative estimate of drug-likeness (QED) is 0.867. The monoisotopic (exact) mass is 276 g/mol. The van der Waals surface area contributed by atoms with Gasteiger partial charge in [0.15, 0.2) is 0 Å². The van der Waals surface area contributed by atoms with Crippen LogP contribution in [0.1, 0.15) is 37.0 Å². The average Bonchev–Trinajstić information content (AvgIpc) is 2.64. The summed E-state index contributed by atoms with van der Waals surface area (Å²) in [4.78, 5) is 14.5. The molecule has 0 spiro atoms. The summed E-state index contributed by atoms with van der Waals surface area (Å²) in [5, 5.41) is 3.50. The third kappa shape index (κ3) is 3.51. The van der Waals surface area contributed by atoms with Gasteiger partial charge in [-0.25, -0.2) is 0 Å². The van der Waals surface area contributed by atoms with Crippen molar-refractivity contribution in [3.8, 4) is 5.75 Å². The zero-order chi connectivity index (χ0) is 14.4. The van der Waals surface area contributed by atoms with E-state index in [1.807, 2.05) is 29.2 Å². The third-order valence-electron chi connectivity index (χ3n) is 3.64. The molecule has 110 valence electrons. The van der Waals surface area contributed by atoms with E-state index in [1.165, 1.54) is 0 Å². The first-order valence-corrected chi connectivity index (χ1v) is 7.50. The standard InChI is InChI=1S/C16H24N2O2/c1-3-9-17-13(4-2)12-18-10-11-20-15-8-6-5-7-14(15)16(18)19/h5-8,13,17H,3-4,9-12H2,1-2H3. The molecule has 0 bridgehead atoms. The lowest BCUT2D eigenvalue weighted by Crippen LogP contribution is -2.44. The summed E-state index contributed by atoms with van der Waals surface area (Å²) in [6.45, 7) is 7.26. The Morgan fingerprint density at radius 1 is 1.35 bits per heavy atom. The van der Waals surface area contributed by atoms with Gasteiger partial charge in [-0.15, -0.1) is 0 Å². The van der Waals surface area contributed by atoms with Gasteiger partial charge in [-0.05, 0) is 31.5 Å². The Morgan fingerprint density at radius 3 is 2.90 bits per heavy atom. The second kappa shape index (κ2) is 7.29. The van der Waals surface area contributed by atoms with E-state index in [2.05, 4.69) is 19.2 Å². The van der Waals surface area contributed by atoms with Crippen LogP contribution in [0.25, 0.3) is 0 Å². The van der Waals surface area contributed by atoms with Crippen LogP contribution in [0.2, 0.25) is 0 Å². The molecule has 1 atom stereocenters. The highest BCUT2D eigenvalue weighted by Gasteiger charge is 2.24. The van der Waals surface area contributed by atoms with Crippen LogP contribution in [-0.2, 0) is 0 Å². The molecule has 0 saturated carbocycles. The topological polar surface area (TPSA) is 41.6 Å². The number of carbonyl (C=O) groups excluding carboxylic acids is 1. The van der Waals surface area contributed by atoms with Crippen LogP contribution < -0.4 is 10.1 Å². The molecule has 1 N–H and O–H groups in total. The van der Waals surface area contributed by atoms with Crippen molar-refractivity contribution in [2.45, 2.75) is 32.7 Å². The molecular weight excluding hydrogens is 252 g/mol. The van der Waals surface area contributed by atoms with Crippen LogP contribution in [0.5, 0.6) is 5.75 Å². The molecule has 4 heteroatoms. The fourth-order valence-corrected chi connectivity index (χ4v) is 2.43. The first kappa shape index (κ1) is 14.9. The molecule has 1 aliphatic rings. The van der Waals surface area contributed by atoms with E-state index in [9.17, 15) is 4.79 Å². The van der Waals surface area contributed by atoms with E-state index in [0.29, 0.717) is 30.5 Å². The van der Waals surface area contributed by atoms with Gasteiger partial charge in [0.1, 0.15) is 12.4 Å². The summed E-state index contributed by atoms with van der Waals surface area (Å²) in [6.07, 6.45) is 2.13. The minimum atomic E-state index is 0.0786. The van der Waals surface area contributed by atoms with E-state index in [-0.39, 0.29) is 5.91 Å². The Bertz CT molecular complexity index is 448. The van der Waals surface area contributed by atoms with E-state index in [0.717, 1.165) is 25.9 Å². The predicted molar refractivity (Wildman–Crippen MR) is 80.2 cm³/mol. The van der Waals surface area contributed by atoms with Crippen molar-refractivity contribution in [2.75, 3.05) is 26.2 Å². The molecule has 20 heavy (non-hydrogen) atoms. The van der Waals surface area contributed by atoms with Crippen LogP contribution in [0.3, 0.4) is 0 Å².